The first kappa shape index (κ1) is 15.3. The lowest BCUT2D eigenvalue weighted by Gasteiger charge is -2.44. The summed E-state index contributed by atoms with van der Waals surface area (Å²) in [7, 11) is 0. The number of fused-ring (bicyclic) bond motifs is 1. The minimum absolute atomic E-state index is 0.225. The Kier molecular flexibility index (Phi) is 5.28. The second-order valence-corrected chi connectivity index (χ2v) is 6.38. The van der Waals surface area contributed by atoms with Gasteiger partial charge in [0.1, 0.15) is 0 Å². The highest BCUT2D eigenvalue weighted by molar-refractivity contribution is 5.87. The summed E-state index contributed by atoms with van der Waals surface area (Å²) in [6.45, 7) is 3.02. The van der Waals surface area contributed by atoms with Crippen LogP contribution in [0.4, 0.5) is 0 Å². The second-order valence-electron chi connectivity index (χ2n) is 6.38. The molecule has 0 radical (unpaired) electrons. The molecule has 3 heteroatoms. The van der Waals surface area contributed by atoms with Gasteiger partial charge >= 0.3 is 5.97 Å². The molecular formula is C19H25NO2. The molecule has 2 atom stereocenters. The van der Waals surface area contributed by atoms with Gasteiger partial charge in [0.2, 0.25) is 0 Å². The van der Waals surface area contributed by atoms with Crippen molar-refractivity contribution in [2.45, 2.75) is 38.1 Å². The standard InChI is InChI=1S/C19H25NO2/c21-19(12-11-16-7-2-1-3-8-16)22-15-17-9-6-14-20-13-5-4-10-18(17)20/h1-3,7-8,11-12,17-18H,4-6,9-10,13-15H2/b12-11+/t17-,18-/m0/s1. The van der Waals surface area contributed by atoms with Crippen molar-refractivity contribution in [1.82, 2.24) is 4.90 Å². The third-order valence-corrected chi connectivity index (χ3v) is 4.88. The fourth-order valence-electron chi connectivity index (χ4n) is 3.74. The summed E-state index contributed by atoms with van der Waals surface area (Å²) in [5.74, 6) is 0.292. The van der Waals surface area contributed by atoms with Crippen LogP contribution in [0.1, 0.15) is 37.7 Å². The van der Waals surface area contributed by atoms with E-state index in [1.54, 1.807) is 0 Å². The molecule has 0 unspecified atom stereocenters. The summed E-state index contributed by atoms with van der Waals surface area (Å²) in [4.78, 5) is 14.5. The molecule has 1 aromatic rings. The predicted molar refractivity (Wildman–Crippen MR) is 88.4 cm³/mol. The normalized spacial score (nSPS) is 25.8. The van der Waals surface area contributed by atoms with Gasteiger partial charge in [-0.25, -0.2) is 4.79 Å². The summed E-state index contributed by atoms with van der Waals surface area (Å²) < 4.78 is 5.50. The molecule has 0 amide bonds. The number of nitrogens with zero attached hydrogens (tertiary/aromatic N) is 1. The lowest BCUT2D eigenvalue weighted by Crippen LogP contribution is -2.49. The molecule has 2 heterocycles. The van der Waals surface area contributed by atoms with Crippen molar-refractivity contribution in [3.05, 3.63) is 42.0 Å². The van der Waals surface area contributed by atoms with Crippen molar-refractivity contribution in [3.63, 3.8) is 0 Å². The molecule has 0 aliphatic carbocycles. The van der Waals surface area contributed by atoms with Crippen LogP contribution >= 0.6 is 0 Å². The molecule has 0 bridgehead atoms. The first-order chi connectivity index (χ1) is 10.8. The SMILES string of the molecule is O=C(/C=C/c1ccccc1)OC[C@@H]1CCCN2CCCC[C@@H]12. The molecule has 0 N–H and O–H groups in total. The predicted octanol–water partition coefficient (Wildman–Crippen LogP) is 3.51. The van der Waals surface area contributed by atoms with Gasteiger partial charge in [-0.3, -0.25) is 4.90 Å². The number of carbonyl (C=O) groups excluding carboxylic acids is 1. The zero-order valence-electron chi connectivity index (χ0n) is 13.1. The molecule has 2 aliphatic rings. The van der Waals surface area contributed by atoms with E-state index in [2.05, 4.69) is 4.90 Å². The second kappa shape index (κ2) is 7.59. The van der Waals surface area contributed by atoms with Crippen LogP contribution in [-0.2, 0) is 9.53 Å². The van der Waals surface area contributed by atoms with Crippen molar-refractivity contribution in [1.29, 1.82) is 0 Å². The number of hydrogen-bond donors (Lipinski definition) is 0. The average Bonchev–Trinajstić information content (AvgIpc) is 2.59. The summed E-state index contributed by atoms with van der Waals surface area (Å²) >= 11 is 0. The van der Waals surface area contributed by atoms with Crippen molar-refractivity contribution in [2.24, 2.45) is 5.92 Å². The molecule has 3 rings (SSSR count). The average molecular weight is 299 g/mol. The Balaban J connectivity index is 1.49. The zero-order chi connectivity index (χ0) is 15.2. The zero-order valence-corrected chi connectivity index (χ0v) is 13.1. The van der Waals surface area contributed by atoms with E-state index >= 15 is 0 Å². The van der Waals surface area contributed by atoms with Gasteiger partial charge in [0, 0.05) is 18.0 Å². The van der Waals surface area contributed by atoms with Gasteiger partial charge in [0.05, 0.1) is 6.61 Å². The maximum absolute atomic E-state index is 11.9. The molecule has 2 aliphatic heterocycles. The van der Waals surface area contributed by atoms with Crippen LogP contribution in [-0.4, -0.2) is 36.6 Å². The van der Waals surface area contributed by atoms with Crippen LogP contribution in [0, 0.1) is 5.92 Å². The maximum Gasteiger partial charge on any atom is 0.330 e. The summed E-state index contributed by atoms with van der Waals surface area (Å²) in [6, 6.07) is 10.5. The van der Waals surface area contributed by atoms with Crippen molar-refractivity contribution in [3.8, 4) is 0 Å². The molecule has 2 fully saturated rings. The molecule has 3 nitrogen and oxygen atoms in total. The van der Waals surface area contributed by atoms with E-state index in [-0.39, 0.29) is 5.97 Å². The van der Waals surface area contributed by atoms with Crippen LogP contribution in [0.3, 0.4) is 0 Å². The Morgan fingerprint density at radius 2 is 1.95 bits per heavy atom. The van der Waals surface area contributed by atoms with E-state index in [4.69, 9.17) is 4.74 Å². The third kappa shape index (κ3) is 3.98. The molecule has 0 aromatic heterocycles. The maximum atomic E-state index is 11.9. The van der Waals surface area contributed by atoms with Crippen molar-refractivity contribution in [2.75, 3.05) is 19.7 Å². The van der Waals surface area contributed by atoms with Crippen LogP contribution in [0.2, 0.25) is 0 Å². The van der Waals surface area contributed by atoms with Gasteiger partial charge in [-0.2, -0.15) is 0 Å². The molecule has 22 heavy (non-hydrogen) atoms. The third-order valence-electron chi connectivity index (χ3n) is 4.88. The van der Waals surface area contributed by atoms with E-state index in [9.17, 15) is 4.79 Å². The van der Waals surface area contributed by atoms with Gasteiger partial charge in [0.25, 0.3) is 0 Å². The summed E-state index contributed by atoms with van der Waals surface area (Å²) in [5.41, 5.74) is 1.02. The highest BCUT2D eigenvalue weighted by Crippen LogP contribution is 2.30. The van der Waals surface area contributed by atoms with Gasteiger partial charge in [0.15, 0.2) is 0 Å². The quantitative estimate of drug-likeness (QED) is 0.629. The van der Waals surface area contributed by atoms with Gasteiger partial charge in [-0.15, -0.1) is 0 Å². The van der Waals surface area contributed by atoms with Gasteiger partial charge in [-0.05, 0) is 50.4 Å². The topological polar surface area (TPSA) is 29.5 Å². The number of benzene rings is 1. The fraction of sp³-hybridized carbons (Fsp3) is 0.526. The molecular weight excluding hydrogens is 274 g/mol. The number of carbonyl (C=O) groups is 1. The number of piperidine rings is 2. The van der Waals surface area contributed by atoms with Crippen LogP contribution in [0.25, 0.3) is 6.08 Å². The number of ether oxygens (including phenoxy) is 1. The summed E-state index contributed by atoms with van der Waals surface area (Å²) in [5, 5.41) is 0. The number of esters is 1. The minimum atomic E-state index is -0.225. The van der Waals surface area contributed by atoms with Crippen LogP contribution < -0.4 is 0 Å². The number of rotatable bonds is 4. The monoisotopic (exact) mass is 299 g/mol. The van der Waals surface area contributed by atoms with Gasteiger partial charge in [-0.1, -0.05) is 36.8 Å². The Morgan fingerprint density at radius 1 is 1.14 bits per heavy atom. The van der Waals surface area contributed by atoms with E-state index in [0.29, 0.717) is 18.6 Å². The van der Waals surface area contributed by atoms with E-state index < -0.39 is 0 Å². The molecule has 0 spiro atoms. The lowest BCUT2D eigenvalue weighted by molar-refractivity contribution is -0.140. The van der Waals surface area contributed by atoms with Crippen molar-refractivity contribution < 1.29 is 9.53 Å². The first-order valence-electron chi connectivity index (χ1n) is 8.47. The minimum Gasteiger partial charge on any atom is -0.462 e. The van der Waals surface area contributed by atoms with Crippen LogP contribution in [0.5, 0.6) is 0 Å². The van der Waals surface area contributed by atoms with E-state index in [1.165, 1.54) is 51.3 Å². The largest absolute Gasteiger partial charge is 0.462 e. The Bertz CT molecular complexity index is 509. The van der Waals surface area contributed by atoms with E-state index in [0.717, 1.165) is 5.56 Å². The fourth-order valence-corrected chi connectivity index (χ4v) is 3.74. The smallest absolute Gasteiger partial charge is 0.330 e. The lowest BCUT2D eigenvalue weighted by atomic mass is 9.84. The highest BCUT2D eigenvalue weighted by atomic mass is 16.5. The first-order valence-corrected chi connectivity index (χ1v) is 8.47. The Hall–Kier alpha value is -1.61. The molecule has 0 saturated carbocycles. The molecule has 2 saturated heterocycles. The van der Waals surface area contributed by atoms with E-state index in [1.807, 2.05) is 36.4 Å². The Morgan fingerprint density at radius 3 is 2.82 bits per heavy atom. The van der Waals surface area contributed by atoms with Gasteiger partial charge < -0.3 is 4.74 Å². The molecule has 1 aromatic carbocycles. The summed E-state index contributed by atoms with van der Waals surface area (Å²) in [6.07, 6.45) is 9.69. The Labute approximate surface area is 133 Å². The number of hydrogen-bond acceptors (Lipinski definition) is 3. The van der Waals surface area contributed by atoms with Crippen molar-refractivity contribution >= 4 is 12.0 Å². The van der Waals surface area contributed by atoms with Crippen LogP contribution in [0.15, 0.2) is 36.4 Å². The highest BCUT2D eigenvalue weighted by Gasteiger charge is 2.33. The molecule has 118 valence electrons.